The van der Waals surface area contributed by atoms with Crippen molar-refractivity contribution in [2.24, 2.45) is 7.05 Å². The molecule has 0 radical (unpaired) electrons. The number of carbonyl (C=O) groups is 2. The molecule has 1 aliphatic carbocycles. The van der Waals surface area contributed by atoms with Crippen LogP contribution in [0.25, 0.3) is 0 Å². The Hall–Kier alpha value is -4.06. The van der Waals surface area contributed by atoms with Crippen LogP contribution in [-0.4, -0.2) is 67.9 Å². The summed E-state index contributed by atoms with van der Waals surface area (Å²) in [5.74, 6) is 0.214. The Bertz CT molecular complexity index is 1190. The van der Waals surface area contributed by atoms with Gasteiger partial charge in [-0.3, -0.25) is 14.8 Å². The third-order valence-electron chi connectivity index (χ3n) is 5.47. The second kappa shape index (κ2) is 9.43. The van der Waals surface area contributed by atoms with Crippen molar-refractivity contribution < 1.29 is 19.1 Å². The van der Waals surface area contributed by atoms with Gasteiger partial charge in [0.05, 0.1) is 37.0 Å². The van der Waals surface area contributed by atoms with Gasteiger partial charge in [0.15, 0.2) is 5.69 Å². The monoisotopic (exact) mass is 464 g/mol. The summed E-state index contributed by atoms with van der Waals surface area (Å²) in [4.78, 5) is 39.9. The lowest BCUT2D eigenvalue weighted by Crippen LogP contribution is -2.41. The summed E-state index contributed by atoms with van der Waals surface area (Å²) < 4.78 is 12.4. The molecule has 12 nitrogen and oxygen atoms in total. The number of hydrogen-bond donors (Lipinski definition) is 2. The zero-order valence-corrected chi connectivity index (χ0v) is 18.6. The van der Waals surface area contributed by atoms with E-state index in [0.29, 0.717) is 43.6 Å². The van der Waals surface area contributed by atoms with Crippen molar-refractivity contribution in [1.82, 2.24) is 29.6 Å². The van der Waals surface area contributed by atoms with Crippen molar-refractivity contribution in [1.29, 1.82) is 0 Å². The fourth-order valence-corrected chi connectivity index (χ4v) is 3.63. The fourth-order valence-electron chi connectivity index (χ4n) is 3.63. The van der Waals surface area contributed by atoms with E-state index in [9.17, 15) is 9.59 Å². The van der Waals surface area contributed by atoms with Crippen LogP contribution in [0.1, 0.15) is 34.9 Å². The zero-order chi connectivity index (χ0) is 23.5. The van der Waals surface area contributed by atoms with Crippen molar-refractivity contribution in [3.05, 3.63) is 48.4 Å². The smallest absolute Gasteiger partial charge is 0.389 e. The van der Waals surface area contributed by atoms with Crippen LogP contribution >= 0.6 is 0 Å². The van der Waals surface area contributed by atoms with Gasteiger partial charge in [-0.25, -0.2) is 19.7 Å². The number of nitrogens with one attached hydrogen (secondary N) is 2. The molecule has 0 spiro atoms. The summed E-state index contributed by atoms with van der Waals surface area (Å²) in [6.07, 6.45) is 7.52. The van der Waals surface area contributed by atoms with E-state index in [1.54, 1.807) is 30.5 Å². The minimum Gasteiger partial charge on any atom is -0.389 e. The first-order valence-electron chi connectivity index (χ1n) is 11.0. The highest BCUT2D eigenvalue weighted by molar-refractivity contribution is 6.01. The second-order valence-electron chi connectivity index (χ2n) is 8.10. The Morgan fingerprint density at radius 3 is 2.62 bits per heavy atom. The van der Waals surface area contributed by atoms with Crippen molar-refractivity contribution in [2.45, 2.75) is 18.8 Å². The van der Waals surface area contributed by atoms with Crippen LogP contribution in [0, 0.1) is 0 Å². The van der Waals surface area contributed by atoms with Crippen molar-refractivity contribution in [3.8, 4) is 5.88 Å². The van der Waals surface area contributed by atoms with E-state index in [4.69, 9.17) is 9.47 Å². The Kier molecular flexibility index (Phi) is 6.04. The summed E-state index contributed by atoms with van der Waals surface area (Å²) in [6.45, 7) is 1.87. The largest absolute Gasteiger partial charge is 0.418 e. The van der Waals surface area contributed by atoms with Gasteiger partial charge in [-0.05, 0) is 25.0 Å². The van der Waals surface area contributed by atoms with Gasteiger partial charge in [0.2, 0.25) is 5.88 Å². The summed E-state index contributed by atoms with van der Waals surface area (Å²) >= 11 is 0. The maximum atomic E-state index is 12.9. The maximum absolute atomic E-state index is 12.9. The Labute approximate surface area is 195 Å². The van der Waals surface area contributed by atoms with E-state index < -0.39 is 6.09 Å². The average Bonchev–Trinajstić information content (AvgIpc) is 3.64. The molecule has 3 aromatic rings. The van der Waals surface area contributed by atoms with Crippen LogP contribution in [-0.2, 0) is 11.8 Å². The topological polar surface area (TPSA) is 136 Å². The molecule has 1 saturated carbocycles. The standard InChI is InChI=1S/C22H24N8O4/c1-29-12-18(19(28-29)21(31)30-6-8-33-9-7-30)27-22(32)34-20-17(25-15-10-23-13-24-11-15)5-4-16(26-20)14-2-3-14/h4-5,10-14,25H,2-3,6-9H2,1H3,(H,27,32). The quantitative estimate of drug-likeness (QED) is 0.563. The number of rotatable bonds is 6. The van der Waals surface area contributed by atoms with Gasteiger partial charge in [0.1, 0.15) is 12.0 Å². The predicted molar refractivity (Wildman–Crippen MR) is 121 cm³/mol. The van der Waals surface area contributed by atoms with Crippen molar-refractivity contribution in [2.75, 3.05) is 36.9 Å². The molecule has 0 bridgehead atoms. The second-order valence-corrected chi connectivity index (χ2v) is 8.10. The molecule has 2 amide bonds. The first-order valence-corrected chi connectivity index (χ1v) is 11.0. The van der Waals surface area contributed by atoms with E-state index in [-0.39, 0.29) is 23.2 Å². The van der Waals surface area contributed by atoms with E-state index in [1.807, 2.05) is 12.1 Å². The lowest BCUT2D eigenvalue weighted by atomic mass is 10.2. The lowest BCUT2D eigenvalue weighted by Gasteiger charge is -2.26. The number of pyridine rings is 1. The van der Waals surface area contributed by atoms with Gasteiger partial charge in [-0.15, -0.1) is 0 Å². The van der Waals surface area contributed by atoms with Crippen LogP contribution in [0.2, 0.25) is 0 Å². The lowest BCUT2D eigenvalue weighted by molar-refractivity contribution is 0.0299. The molecule has 2 fully saturated rings. The number of aromatic nitrogens is 5. The van der Waals surface area contributed by atoms with Gasteiger partial charge in [0, 0.05) is 37.9 Å². The SMILES string of the molecule is Cn1cc(NC(=O)Oc2nc(C3CC3)ccc2Nc2cncnc2)c(C(=O)N2CCOCC2)n1. The molecule has 5 rings (SSSR count). The van der Waals surface area contributed by atoms with E-state index in [1.165, 1.54) is 11.0 Å². The van der Waals surface area contributed by atoms with Crippen LogP contribution in [0.15, 0.2) is 37.1 Å². The first kappa shape index (κ1) is 21.8. The van der Waals surface area contributed by atoms with Gasteiger partial charge >= 0.3 is 6.09 Å². The number of ether oxygens (including phenoxy) is 2. The van der Waals surface area contributed by atoms with Crippen LogP contribution in [0.4, 0.5) is 21.9 Å². The Morgan fingerprint density at radius 2 is 1.88 bits per heavy atom. The Balaban J connectivity index is 1.34. The predicted octanol–water partition coefficient (Wildman–Crippen LogP) is 2.31. The van der Waals surface area contributed by atoms with Crippen LogP contribution < -0.4 is 15.4 Å². The number of carbonyl (C=O) groups excluding carboxylic acids is 2. The fraction of sp³-hybridized carbons (Fsp3) is 0.364. The van der Waals surface area contributed by atoms with E-state index in [0.717, 1.165) is 18.5 Å². The molecule has 1 aliphatic heterocycles. The highest BCUT2D eigenvalue weighted by atomic mass is 16.6. The third kappa shape index (κ3) is 4.96. The minimum absolute atomic E-state index is 0.121. The molecule has 12 heteroatoms. The minimum atomic E-state index is -0.781. The summed E-state index contributed by atoms with van der Waals surface area (Å²) in [7, 11) is 1.68. The first-order chi connectivity index (χ1) is 16.6. The molecule has 2 N–H and O–H groups in total. The van der Waals surface area contributed by atoms with Gasteiger partial charge in [-0.2, -0.15) is 5.10 Å². The van der Waals surface area contributed by atoms with Gasteiger partial charge < -0.3 is 19.7 Å². The molecule has 176 valence electrons. The van der Waals surface area contributed by atoms with E-state index in [2.05, 4.69) is 30.7 Å². The highest BCUT2D eigenvalue weighted by Crippen LogP contribution is 2.41. The summed E-state index contributed by atoms with van der Waals surface area (Å²) in [5.41, 5.74) is 2.38. The zero-order valence-electron chi connectivity index (χ0n) is 18.6. The third-order valence-corrected chi connectivity index (χ3v) is 5.47. The van der Waals surface area contributed by atoms with E-state index >= 15 is 0 Å². The number of nitrogens with zero attached hydrogens (tertiary/aromatic N) is 6. The number of hydrogen-bond acceptors (Lipinski definition) is 9. The highest BCUT2D eigenvalue weighted by Gasteiger charge is 2.28. The van der Waals surface area contributed by atoms with Gasteiger partial charge in [0.25, 0.3) is 5.91 Å². The molecular weight excluding hydrogens is 440 g/mol. The van der Waals surface area contributed by atoms with Crippen LogP contribution in [0.5, 0.6) is 5.88 Å². The molecule has 1 saturated heterocycles. The molecule has 0 unspecified atom stereocenters. The molecule has 0 atom stereocenters. The normalized spacial score (nSPS) is 15.6. The average molecular weight is 464 g/mol. The molecule has 4 heterocycles. The molecular formula is C22H24N8O4. The summed E-state index contributed by atoms with van der Waals surface area (Å²) in [6, 6.07) is 3.72. The van der Waals surface area contributed by atoms with Crippen molar-refractivity contribution >= 4 is 29.1 Å². The molecule has 34 heavy (non-hydrogen) atoms. The van der Waals surface area contributed by atoms with Crippen LogP contribution in [0.3, 0.4) is 0 Å². The molecule has 3 aromatic heterocycles. The summed E-state index contributed by atoms with van der Waals surface area (Å²) in [5, 5.41) is 10.0. The molecule has 0 aromatic carbocycles. The van der Waals surface area contributed by atoms with Gasteiger partial charge in [-0.1, -0.05) is 0 Å². The maximum Gasteiger partial charge on any atom is 0.418 e. The number of morpholine rings is 1. The number of amides is 2. The number of anilines is 3. The van der Waals surface area contributed by atoms with Crippen molar-refractivity contribution in [3.63, 3.8) is 0 Å². The molecule has 2 aliphatic rings. The number of aryl methyl sites for hydroxylation is 1. The Morgan fingerprint density at radius 1 is 1.12 bits per heavy atom.